The van der Waals surface area contributed by atoms with Gasteiger partial charge in [0.1, 0.15) is 0 Å². The fourth-order valence-electron chi connectivity index (χ4n) is 3.82. The molecule has 1 aliphatic heterocycles. The Morgan fingerprint density at radius 3 is 2.67 bits per heavy atom. The van der Waals surface area contributed by atoms with Crippen LogP contribution in [0.1, 0.15) is 68.5 Å². The number of thiazole rings is 1. The molecule has 24 heavy (non-hydrogen) atoms. The van der Waals surface area contributed by atoms with Crippen LogP contribution >= 0.6 is 11.3 Å². The van der Waals surface area contributed by atoms with Crippen molar-refractivity contribution in [3.05, 3.63) is 16.1 Å². The quantitative estimate of drug-likeness (QED) is 0.902. The summed E-state index contributed by atoms with van der Waals surface area (Å²) in [6, 6.07) is 0. The Bertz CT molecular complexity index is 613. The minimum Gasteiger partial charge on any atom is -0.481 e. The molecule has 1 N–H and O–H groups in total. The highest BCUT2D eigenvalue weighted by Crippen LogP contribution is 2.35. The summed E-state index contributed by atoms with van der Waals surface area (Å²) in [6.45, 7) is 5.83. The highest BCUT2D eigenvalue weighted by Gasteiger charge is 2.37. The maximum absolute atomic E-state index is 12.8. The molecule has 0 aromatic carbocycles. The highest BCUT2D eigenvalue weighted by atomic mass is 32.1. The van der Waals surface area contributed by atoms with E-state index in [9.17, 15) is 9.59 Å². The first kappa shape index (κ1) is 17.4. The molecule has 1 unspecified atom stereocenters. The predicted octanol–water partition coefficient (Wildman–Crippen LogP) is 3.47. The first-order chi connectivity index (χ1) is 11.5. The second-order valence-corrected chi connectivity index (χ2v) is 8.32. The van der Waals surface area contributed by atoms with E-state index in [0.29, 0.717) is 31.1 Å². The van der Waals surface area contributed by atoms with Crippen LogP contribution in [0.5, 0.6) is 0 Å². The summed E-state index contributed by atoms with van der Waals surface area (Å²) in [5.41, 5.74) is 1.14. The van der Waals surface area contributed by atoms with Gasteiger partial charge in [-0.2, -0.15) is 0 Å². The van der Waals surface area contributed by atoms with Gasteiger partial charge in [-0.1, -0.05) is 13.8 Å². The van der Waals surface area contributed by atoms with Gasteiger partial charge in [0.15, 0.2) is 0 Å². The number of piperidine rings is 1. The van der Waals surface area contributed by atoms with Crippen molar-refractivity contribution < 1.29 is 14.7 Å². The van der Waals surface area contributed by atoms with Crippen molar-refractivity contribution in [2.75, 3.05) is 13.1 Å². The van der Waals surface area contributed by atoms with Crippen LogP contribution in [0.2, 0.25) is 0 Å². The van der Waals surface area contributed by atoms with Gasteiger partial charge in [0.25, 0.3) is 0 Å². The molecule has 2 aliphatic rings. The standard InChI is InChI=1S/C18H26N2O3S/c1-11(2)15-10-24-16(19-15)14-4-3-7-20(9-14)17(21)12-5-6-13(8-12)18(22)23/h10-14H,3-9H2,1-2H3,(H,22,23)/t12-,13+,14?/m1/s1. The highest BCUT2D eigenvalue weighted by molar-refractivity contribution is 7.09. The van der Waals surface area contributed by atoms with Crippen molar-refractivity contribution in [2.45, 2.75) is 57.8 Å². The summed E-state index contributed by atoms with van der Waals surface area (Å²) in [4.78, 5) is 30.6. The molecule has 0 spiro atoms. The van der Waals surface area contributed by atoms with E-state index in [4.69, 9.17) is 10.1 Å². The van der Waals surface area contributed by atoms with Gasteiger partial charge in [-0.25, -0.2) is 4.98 Å². The molecule has 1 aromatic rings. The van der Waals surface area contributed by atoms with Gasteiger partial charge in [-0.05, 0) is 38.0 Å². The number of hydrogen-bond acceptors (Lipinski definition) is 4. The number of nitrogens with zero attached hydrogens (tertiary/aromatic N) is 2. The van der Waals surface area contributed by atoms with Crippen molar-refractivity contribution in [1.82, 2.24) is 9.88 Å². The molecule has 1 amide bonds. The molecule has 0 bridgehead atoms. The number of aliphatic carboxylic acids is 1. The molecule has 1 aliphatic carbocycles. The van der Waals surface area contributed by atoms with Crippen molar-refractivity contribution in [3.8, 4) is 0 Å². The zero-order valence-corrected chi connectivity index (χ0v) is 15.2. The molecule has 0 radical (unpaired) electrons. The number of aromatic nitrogens is 1. The number of carbonyl (C=O) groups is 2. The van der Waals surface area contributed by atoms with Crippen LogP contribution in [0.4, 0.5) is 0 Å². The van der Waals surface area contributed by atoms with Crippen LogP contribution < -0.4 is 0 Å². The van der Waals surface area contributed by atoms with E-state index in [-0.39, 0.29) is 17.7 Å². The van der Waals surface area contributed by atoms with Crippen molar-refractivity contribution in [1.29, 1.82) is 0 Å². The normalized spacial score (nSPS) is 27.6. The second-order valence-electron chi connectivity index (χ2n) is 7.43. The van der Waals surface area contributed by atoms with E-state index in [1.54, 1.807) is 11.3 Å². The summed E-state index contributed by atoms with van der Waals surface area (Å²) in [5.74, 6) is -0.283. The van der Waals surface area contributed by atoms with Crippen molar-refractivity contribution in [3.63, 3.8) is 0 Å². The van der Waals surface area contributed by atoms with Gasteiger partial charge >= 0.3 is 5.97 Å². The smallest absolute Gasteiger partial charge is 0.306 e. The number of hydrogen-bond donors (Lipinski definition) is 1. The minimum absolute atomic E-state index is 0.104. The Kier molecular flexibility index (Phi) is 5.23. The van der Waals surface area contributed by atoms with Gasteiger partial charge in [0, 0.05) is 30.3 Å². The maximum atomic E-state index is 12.8. The predicted molar refractivity (Wildman–Crippen MR) is 93.2 cm³/mol. The lowest BCUT2D eigenvalue weighted by Crippen LogP contribution is -2.42. The molecule has 5 nitrogen and oxygen atoms in total. The molecule has 2 heterocycles. The maximum Gasteiger partial charge on any atom is 0.306 e. The summed E-state index contributed by atoms with van der Waals surface area (Å²) in [5, 5.41) is 12.4. The average molecular weight is 350 g/mol. The Labute approximate surface area is 147 Å². The van der Waals surface area contributed by atoms with Crippen LogP contribution in [-0.2, 0) is 9.59 Å². The lowest BCUT2D eigenvalue weighted by Gasteiger charge is -2.33. The monoisotopic (exact) mass is 350 g/mol. The Balaban J connectivity index is 1.62. The van der Waals surface area contributed by atoms with Crippen molar-refractivity contribution in [2.24, 2.45) is 11.8 Å². The first-order valence-electron chi connectivity index (χ1n) is 8.92. The number of carboxylic acids is 1. The lowest BCUT2D eigenvalue weighted by atomic mass is 9.96. The fourth-order valence-corrected chi connectivity index (χ4v) is 4.93. The molecule has 1 saturated carbocycles. The topological polar surface area (TPSA) is 70.5 Å². The third kappa shape index (κ3) is 3.63. The Morgan fingerprint density at radius 2 is 2.04 bits per heavy atom. The Morgan fingerprint density at radius 1 is 1.29 bits per heavy atom. The van der Waals surface area contributed by atoms with E-state index in [0.717, 1.165) is 36.6 Å². The number of carbonyl (C=O) groups excluding carboxylic acids is 1. The van der Waals surface area contributed by atoms with E-state index < -0.39 is 5.97 Å². The third-order valence-electron chi connectivity index (χ3n) is 5.34. The molecule has 6 heteroatoms. The van der Waals surface area contributed by atoms with Crippen molar-refractivity contribution >= 4 is 23.2 Å². The third-order valence-corrected chi connectivity index (χ3v) is 6.37. The first-order valence-corrected chi connectivity index (χ1v) is 9.80. The fraction of sp³-hybridized carbons (Fsp3) is 0.722. The van der Waals surface area contributed by atoms with E-state index in [1.165, 1.54) is 0 Å². The van der Waals surface area contributed by atoms with Gasteiger partial charge in [0.05, 0.1) is 16.6 Å². The largest absolute Gasteiger partial charge is 0.481 e. The molecule has 2 fully saturated rings. The molecular weight excluding hydrogens is 324 g/mol. The van der Waals surface area contributed by atoms with Gasteiger partial charge in [-0.3, -0.25) is 9.59 Å². The van der Waals surface area contributed by atoms with E-state index >= 15 is 0 Å². The van der Waals surface area contributed by atoms with Crippen LogP contribution in [-0.4, -0.2) is 40.0 Å². The summed E-state index contributed by atoms with van der Waals surface area (Å²) < 4.78 is 0. The SMILES string of the molecule is CC(C)c1csc(C2CCCN(C(=O)[C@@H]3CC[C@H](C(=O)O)C3)C2)n1. The van der Waals surface area contributed by atoms with E-state index in [2.05, 4.69) is 19.2 Å². The number of amides is 1. The number of likely N-dealkylation sites (tertiary alicyclic amines) is 1. The van der Waals surface area contributed by atoms with E-state index in [1.807, 2.05) is 4.90 Å². The molecule has 3 rings (SSSR count). The van der Waals surface area contributed by atoms with Gasteiger partial charge in [-0.15, -0.1) is 11.3 Å². The summed E-state index contributed by atoms with van der Waals surface area (Å²) in [6.07, 6.45) is 3.93. The van der Waals surface area contributed by atoms with Crippen LogP contribution in [0.15, 0.2) is 5.38 Å². The number of rotatable bonds is 4. The number of carboxylic acid groups (broad SMARTS) is 1. The summed E-state index contributed by atoms with van der Waals surface area (Å²) in [7, 11) is 0. The summed E-state index contributed by atoms with van der Waals surface area (Å²) >= 11 is 1.71. The average Bonchev–Trinajstić information content (AvgIpc) is 3.24. The molecule has 1 saturated heterocycles. The lowest BCUT2D eigenvalue weighted by molar-refractivity contribution is -0.141. The Hall–Kier alpha value is -1.43. The minimum atomic E-state index is -0.758. The zero-order chi connectivity index (χ0) is 17.3. The van der Waals surface area contributed by atoms with Crippen LogP contribution in [0, 0.1) is 11.8 Å². The zero-order valence-electron chi connectivity index (χ0n) is 14.4. The molecule has 3 atom stereocenters. The second kappa shape index (κ2) is 7.21. The van der Waals surface area contributed by atoms with Crippen LogP contribution in [0.25, 0.3) is 0 Å². The van der Waals surface area contributed by atoms with Gasteiger partial charge in [0.2, 0.25) is 5.91 Å². The molecule has 132 valence electrons. The molecular formula is C18H26N2O3S. The van der Waals surface area contributed by atoms with Crippen LogP contribution in [0.3, 0.4) is 0 Å². The molecule has 1 aromatic heterocycles. The van der Waals surface area contributed by atoms with Gasteiger partial charge < -0.3 is 10.0 Å².